The number of hydrogen-bond acceptors (Lipinski definition) is 10. The summed E-state index contributed by atoms with van der Waals surface area (Å²) in [4.78, 5) is 41.2. The van der Waals surface area contributed by atoms with Gasteiger partial charge in [-0.15, -0.1) is 0 Å². The highest BCUT2D eigenvalue weighted by Crippen LogP contribution is 2.47. The van der Waals surface area contributed by atoms with Crippen molar-refractivity contribution in [2.75, 3.05) is 32.6 Å². The van der Waals surface area contributed by atoms with Crippen LogP contribution in [0.15, 0.2) is 47.4 Å². The fourth-order valence-electron chi connectivity index (χ4n) is 3.66. The highest BCUT2D eigenvalue weighted by molar-refractivity contribution is 7.52. The SMILES string of the molecule is C[C@H](N[P@@](=O)(OC[C@H]1O[C@@H](n2ccc(NC(=O)CN(C)C)nc2=O)[C@](C)(F)[C@@H]1O)Oc1ccccc1)C(=O)O. The number of aliphatic hydroxyl groups excluding tert-OH is 1. The first-order valence-corrected chi connectivity index (χ1v) is 13.3. The van der Waals surface area contributed by atoms with E-state index in [0.29, 0.717) is 0 Å². The van der Waals surface area contributed by atoms with E-state index in [0.717, 1.165) is 17.7 Å². The summed E-state index contributed by atoms with van der Waals surface area (Å²) in [7, 11) is -1.00. The number of ether oxygens (including phenoxy) is 1. The van der Waals surface area contributed by atoms with Crippen molar-refractivity contribution < 1.29 is 42.5 Å². The van der Waals surface area contributed by atoms with E-state index >= 15 is 4.39 Å². The summed E-state index contributed by atoms with van der Waals surface area (Å²) in [6, 6.07) is 7.70. The lowest BCUT2D eigenvalue weighted by molar-refractivity contribution is -0.138. The van der Waals surface area contributed by atoms with E-state index in [1.165, 1.54) is 25.1 Å². The maximum Gasteiger partial charge on any atom is 0.459 e. The number of carboxylic acid groups (broad SMARTS) is 1. The third-order valence-corrected chi connectivity index (χ3v) is 7.27. The Balaban J connectivity index is 1.76. The number of carboxylic acids is 1. The smallest absolute Gasteiger partial charge is 0.459 e. The van der Waals surface area contributed by atoms with Crippen LogP contribution in [0.4, 0.5) is 10.2 Å². The minimum atomic E-state index is -4.37. The Kier molecular flexibility index (Phi) is 9.59. The van der Waals surface area contributed by atoms with Crippen LogP contribution in [0, 0.1) is 0 Å². The molecule has 6 atom stereocenters. The van der Waals surface area contributed by atoms with Crippen molar-refractivity contribution in [1.82, 2.24) is 19.5 Å². The van der Waals surface area contributed by atoms with Crippen molar-refractivity contribution in [3.8, 4) is 5.75 Å². The number of aliphatic carboxylic acids is 1. The van der Waals surface area contributed by atoms with Crippen molar-refractivity contribution in [2.45, 2.75) is 44.0 Å². The minimum Gasteiger partial charge on any atom is -0.480 e. The van der Waals surface area contributed by atoms with Gasteiger partial charge < -0.3 is 29.7 Å². The van der Waals surface area contributed by atoms with E-state index in [4.69, 9.17) is 13.8 Å². The van der Waals surface area contributed by atoms with Crippen LogP contribution >= 0.6 is 7.75 Å². The molecular weight excluding hydrogens is 540 g/mol. The van der Waals surface area contributed by atoms with Crippen LogP contribution < -0.4 is 20.6 Å². The number of aromatic nitrogens is 2. The molecule has 1 saturated heterocycles. The number of hydrogen-bond donors (Lipinski definition) is 4. The number of nitrogens with zero attached hydrogens (tertiary/aromatic N) is 3. The predicted molar refractivity (Wildman–Crippen MR) is 136 cm³/mol. The van der Waals surface area contributed by atoms with E-state index < -0.39 is 62.1 Å². The molecule has 1 fully saturated rings. The summed E-state index contributed by atoms with van der Waals surface area (Å²) >= 11 is 0. The van der Waals surface area contributed by atoms with Crippen molar-refractivity contribution in [3.05, 3.63) is 53.1 Å². The molecule has 16 heteroatoms. The lowest BCUT2D eigenvalue weighted by Crippen LogP contribution is -2.43. The zero-order valence-electron chi connectivity index (χ0n) is 21.7. The number of carbonyl (C=O) groups is 2. The van der Waals surface area contributed by atoms with Gasteiger partial charge in [-0.25, -0.2) is 13.8 Å². The van der Waals surface area contributed by atoms with Gasteiger partial charge in [0.05, 0.1) is 13.2 Å². The molecule has 0 unspecified atom stereocenters. The zero-order chi connectivity index (χ0) is 29.0. The van der Waals surface area contributed by atoms with Crippen LogP contribution in [0.2, 0.25) is 0 Å². The highest BCUT2D eigenvalue weighted by atomic mass is 31.2. The normalized spacial score (nSPS) is 25.2. The Bertz CT molecular complexity index is 1280. The molecule has 14 nitrogen and oxygen atoms in total. The second kappa shape index (κ2) is 12.3. The second-order valence-corrected chi connectivity index (χ2v) is 11.0. The number of alkyl halides is 1. The standard InChI is InChI=1S/C23H31FN5O9P/c1-14(20(32)33)27-39(35,38-15-8-6-5-7-9-15)36-13-16-19(31)23(2,24)21(37-16)29-11-10-17(26-22(29)34)25-18(30)12-28(3)4/h5-11,14,16,19,21,31H,12-13H2,1-4H3,(H,27,35)(H,32,33)(H,25,26,30,34)/t14-,16+,19+,21+,23+,39+/m0/s1. The van der Waals surface area contributed by atoms with E-state index in [9.17, 15) is 29.2 Å². The van der Waals surface area contributed by atoms with E-state index in [2.05, 4.69) is 15.4 Å². The molecule has 0 radical (unpaired) electrons. The lowest BCUT2D eigenvalue weighted by Gasteiger charge is -2.25. The maximum absolute atomic E-state index is 15.6. The molecule has 0 aliphatic carbocycles. The number of halogens is 1. The van der Waals surface area contributed by atoms with Crippen molar-refractivity contribution in [2.24, 2.45) is 0 Å². The Morgan fingerprint density at radius 1 is 1.31 bits per heavy atom. The maximum atomic E-state index is 15.6. The van der Waals surface area contributed by atoms with Gasteiger partial charge in [-0.05, 0) is 46.1 Å². The topological polar surface area (TPSA) is 182 Å². The number of rotatable bonds is 12. The third kappa shape index (κ3) is 7.68. The van der Waals surface area contributed by atoms with Crippen molar-refractivity contribution in [3.63, 3.8) is 0 Å². The van der Waals surface area contributed by atoms with Gasteiger partial charge in [-0.2, -0.15) is 10.1 Å². The zero-order valence-corrected chi connectivity index (χ0v) is 22.6. The number of benzene rings is 1. The monoisotopic (exact) mass is 571 g/mol. The summed E-state index contributed by atoms with van der Waals surface area (Å²) < 4.78 is 46.1. The number of carbonyl (C=O) groups excluding carboxylic acids is 1. The average Bonchev–Trinajstić information content (AvgIpc) is 3.06. The van der Waals surface area contributed by atoms with Gasteiger partial charge in [0.25, 0.3) is 0 Å². The van der Waals surface area contributed by atoms with Gasteiger partial charge in [-0.1, -0.05) is 18.2 Å². The fourth-order valence-corrected chi connectivity index (χ4v) is 5.16. The molecular formula is C23H31FN5O9P. The molecule has 1 aliphatic rings. The van der Waals surface area contributed by atoms with Crippen molar-refractivity contribution >= 4 is 25.4 Å². The van der Waals surface area contributed by atoms with Crippen LogP contribution in [-0.2, 0) is 23.4 Å². The van der Waals surface area contributed by atoms with Crippen LogP contribution in [0.1, 0.15) is 20.1 Å². The summed E-state index contributed by atoms with van der Waals surface area (Å²) in [5.41, 5.74) is -3.49. The van der Waals surface area contributed by atoms with Crippen LogP contribution in [0.3, 0.4) is 0 Å². The molecule has 1 aliphatic heterocycles. The Morgan fingerprint density at radius 3 is 2.56 bits per heavy atom. The summed E-state index contributed by atoms with van der Waals surface area (Å²) in [5.74, 6) is -1.71. The summed E-state index contributed by atoms with van der Waals surface area (Å²) in [6.45, 7) is 1.58. The van der Waals surface area contributed by atoms with Crippen LogP contribution in [-0.4, -0.2) is 87.7 Å². The molecule has 2 aromatic rings. The highest BCUT2D eigenvalue weighted by Gasteiger charge is 2.56. The molecule has 3 rings (SSSR count). The molecule has 39 heavy (non-hydrogen) atoms. The molecule has 0 spiro atoms. The molecule has 4 N–H and O–H groups in total. The molecule has 0 bridgehead atoms. The van der Waals surface area contributed by atoms with Gasteiger partial charge in [0.2, 0.25) is 5.91 Å². The minimum absolute atomic E-state index is 0.0465. The first-order chi connectivity index (χ1) is 18.2. The largest absolute Gasteiger partial charge is 0.480 e. The Hall–Kier alpha value is -3.20. The number of likely N-dealkylation sites (N-methyl/N-ethyl adjacent to an activating group) is 1. The second-order valence-electron chi connectivity index (χ2n) is 9.30. The average molecular weight is 571 g/mol. The molecule has 2 heterocycles. The number of para-hydroxylation sites is 1. The van der Waals surface area contributed by atoms with E-state index in [-0.39, 0.29) is 18.1 Å². The number of aliphatic hydroxyl groups is 1. The van der Waals surface area contributed by atoms with Crippen molar-refractivity contribution in [1.29, 1.82) is 0 Å². The van der Waals surface area contributed by atoms with Gasteiger partial charge in [0.1, 0.15) is 29.8 Å². The number of nitrogens with one attached hydrogen (secondary N) is 2. The number of amides is 1. The number of anilines is 1. The Labute approximate surface area is 223 Å². The molecule has 0 saturated carbocycles. The first-order valence-electron chi connectivity index (χ1n) is 11.8. The third-order valence-electron chi connectivity index (χ3n) is 5.63. The quantitative estimate of drug-likeness (QED) is 0.266. The summed E-state index contributed by atoms with van der Waals surface area (Å²) in [6.07, 6.45) is -3.80. The van der Waals surface area contributed by atoms with Gasteiger partial charge >= 0.3 is 19.4 Å². The van der Waals surface area contributed by atoms with Crippen LogP contribution in [0.25, 0.3) is 0 Å². The summed E-state index contributed by atoms with van der Waals surface area (Å²) in [5, 5.41) is 24.6. The molecule has 1 amide bonds. The fraction of sp³-hybridized carbons (Fsp3) is 0.478. The first kappa shape index (κ1) is 30.3. The predicted octanol–water partition coefficient (Wildman–Crippen LogP) is 0.996. The van der Waals surface area contributed by atoms with Gasteiger partial charge in [-0.3, -0.25) is 18.7 Å². The van der Waals surface area contributed by atoms with Gasteiger partial charge in [0.15, 0.2) is 11.9 Å². The Morgan fingerprint density at radius 2 is 1.97 bits per heavy atom. The van der Waals surface area contributed by atoms with Gasteiger partial charge in [0, 0.05) is 6.20 Å². The lowest BCUT2D eigenvalue weighted by atomic mass is 9.98. The van der Waals surface area contributed by atoms with E-state index in [1.54, 1.807) is 37.2 Å². The molecule has 214 valence electrons. The molecule has 1 aromatic heterocycles. The van der Waals surface area contributed by atoms with Crippen LogP contribution in [0.5, 0.6) is 5.75 Å². The van der Waals surface area contributed by atoms with E-state index in [1.807, 2.05) is 0 Å². The molecule has 1 aromatic carbocycles.